The van der Waals surface area contributed by atoms with Crippen LogP contribution in [0.5, 0.6) is 0 Å². The van der Waals surface area contributed by atoms with E-state index in [9.17, 15) is 0 Å². The lowest BCUT2D eigenvalue weighted by Crippen LogP contribution is -2.02. The quantitative estimate of drug-likeness (QED) is 0.194. The van der Waals surface area contributed by atoms with E-state index >= 15 is 0 Å². The van der Waals surface area contributed by atoms with Crippen LogP contribution in [0.3, 0.4) is 0 Å². The van der Waals surface area contributed by atoms with Gasteiger partial charge in [0.1, 0.15) is 5.69 Å². The standard InChI is InChI=1S/C42H28N4/c1-5-14-29(15-6-1)33-22-13-23-34(28-33)41-44-40(32-20-11-4-12-21-32)45-42(46-41)38-27-26-37-35(30-16-7-2-8-17-30)24-25-36(39(37)43-38)31-18-9-3-10-19-31/h1-28H. The average Bonchev–Trinajstić information content (AvgIpc) is 3.15. The molecule has 0 atom stereocenters. The number of benzene rings is 6. The minimum absolute atomic E-state index is 0.528. The molecular weight excluding hydrogens is 560 g/mol. The van der Waals surface area contributed by atoms with E-state index in [4.69, 9.17) is 19.9 Å². The summed E-state index contributed by atoms with van der Waals surface area (Å²) in [5.41, 5.74) is 10.1. The minimum atomic E-state index is 0.528. The molecule has 2 heterocycles. The van der Waals surface area contributed by atoms with Crippen molar-refractivity contribution in [3.05, 3.63) is 170 Å². The van der Waals surface area contributed by atoms with E-state index in [0.29, 0.717) is 23.2 Å². The lowest BCUT2D eigenvalue weighted by Gasteiger charge is -2.13. The van der Waals surface area contributed by atoms with Crippen molar-refractivity contribution in [1.29, 1.82) is 0 Å². The van der Waals surface area contributed by atoms with Crippen LogP contribution in [0.4, 0.5) is 0 Å². The highest BCUT2D eigenvalue weighted by Crippen LogP contribution is 2.36. The van der Waals surface area contributed by atoms with Crippen LogP contribution in [0, 0.1) is 0 Å². The molecule has 6 aromatic carbocycles. The van der Waals surface area contributed by atoms with E-state index < -0.39 is 0 Å². The van der Waals surface area contributed by atoms with Crippen LogP contribution in [0.1, 0.15) is 0 Å². The smallest absolute Gasteiger partial charge is 0.182 e. The second kappa shape index (κ2) is 12.0. The van der Waals surface area contributed by atoms with Crippen LogP contribution in [0.2, 0.25) is 0 Å². The molecule has 216 valence electrons. The Kier molecular flexibility index (Phi) is 7.14. The number of rotatable bonds is 6. The Labute approximate surface area is 267 Å². The van der Waals surface area contributed by atoms with Crippen LogP contribution >= 0.6 is 0 Å². The van der Waals surface area contributed by atoms with Crippen LogP contribution < -0.4 is 0 Å². The van der Waals surface area contributed by atoms with Gasteiger partial charge in [-0.3, -0.25) is 0 Å². The third-order valence-corrected chi connectivity index (χ3v) is 8.15. The normalized spacial score (nSPS) is 11.0. The Morgan fingerprint density at radius 3 is 1.41 bits per heavy atom. The third kappa shape index (κ3) is 5.33. The second-order valence-electron chi connectivity index (χ2n) is 11.1. The summed E-state index contributed by atoms with van der Waals surface area (Å²) in [7, 11) is 0. The van der Waals surface area contributed by atoms with Crippen LogP contribution in [0.15, 0.2) is 170 Å². The fraction of sp³-hybridized carbons (Fsp3) is 0. The lowest BCUT2D eigenvalue weighted by atomic mass is 9.94. The highest BCUT2D eigenvalue weighted by molar-refractivity contribution is 6.03. The molecule has 0 saturated heterocycles. The zero-order valence-electron chi connectivity index (χ0n) is 25.0. The molecule has 46 heavy (non-hydrogen) atoms. The fourth-order valence-electron chi connectivity index (χ4n) is 5.87. The maximum atomic E-state index is 5.29. The van der Waals surface area contributed by atoms with Gasteiger partial charge in [0.25, 0.3) is 0 Å². The first-order valence-electron chi connectivity index (χ1n) is 15.3. The largest absolute Gasteiger partial charge is 0.244 e. The summed E-state index contributed by atoms with van der Waals surface area (Å²) in [5.74, 6) is 1.73. The first-order valence-corrected chi connectivity index (χ1v) is 15.3. The number of pyridine rings is 1. The maximum absolute atomic E-state index is 5.29. The first kappa shape index (κ1) is 27.3. The summed E-state index contributed by atoms with van der Waals surface area (Å²) < 4.78 is 0. The average molecular weight is 589 g/mol. The van der Waals surface area contributed by atoms with Gasteiger partial charge in [0.15, 0.2) is 17.5 Å². The van der Waals surface area contributed by atoms with Crippen LogP contribution in [-0.2, 0) is 0 Å². The third-order valence-electron chi connectivity index (χ3n) is 8.15. The number of aromatic nitrogens is 4. The topological polar surface area (TPSA) is 51.6 Å². The number of fused-ring (bicyclic) bond motifs is 1. The molecule has 0 spiro atoms. The molecule has 0 aliphatic carbocycles. The van der Waals surface area contributed by atoms with Crippen LogP contribution in [0.25, 0.3) is 78.6 Å². The summed E-state index contributed by atoms with van der Waals surface area (Å²) in [5, 5.41) is 1.07. The van der Waals surface area contributed by atoms with Gasteiger partial charge in [-0.05, 0) is 46.0 Å². The zero-order chi connectivity index (χ0) is 30.7. The van der Waals surface area contributed by atoms with E-state index in [-0.39, 0.29) is 0 Å². The van der Waals surface area contributed by atoms with Gasteiger partial charge in [-0.2, -0.15) is 0 Å². The summed E-state index contributed by atoms with van der Waals surface area (Å²) >= 11 is 0. The van der Waals surface area contributed by atoms with Gasteiger partial charge in [-0.25, -0.2) is 19.9 Å². The van der Waals surface area contributed by atoms with Crippen molar-refractivity contribution in [3.63, 3.8) is 0 Å². The van der Waals surface area contributed by atoms with Crippen molar-refractivity contribution in [1.82, 2.24) is 19.9 Å². The molecule has 0 aliphatic heterocycles. The summed E-state index contributed by atoms with van der Waals surface area (Å²) in [6.45, 7) is 0. The Morgan fingerprint density at radius 2 is 0.761 bits per heavy atom. The molecule has 2 aromatic heterocycles. The second-order valence-corrected chi connectivity index (χ2v) is 11.1. The lowest BCUT2D eigenvalue weighted by molar-refractivity contribution is 1.06. The van der Waals surface area contributed by atoms with E-state index in [1.165, 1.54) is 0 Å². The number of nitrogens with zero attached hydrogens (tertiary/aromatic N) is 4. The summed E-state index contributed by atoms with van der Waals surface area (Å²) in [6, 6.07) is 58.1. The summed E-state index contributed by atoms with van der Waals surface area (Å²) in [4.78, 5) is 20.3. The maximum Gasteiger partial charge on any atom is 0.182 e. The van der Waals surface area contributed by atoms with Gasteiger partial charge in [0.2, 0.25) is 0 Å². The van der Waals surface area contributed by atoms with E-state index in [2.05, 4.69) is 109 Å². The van der Waals surface area contributed by atoms with Crippen molar-refractivity contribution in [2.75, 3.05) is 0 Å². The molecule has 0 bridgehead atoms. The monoisotopic (exact) mass is 588 g/mol. The Morgan fingerprint density at radius 1 is 0.283 bits per heavy atom. The molecule has 0 amide bonds. The molecular formula is C42H28N4. The minimum Gasteiger partial charge on any atom is -0.244 e. The summed E-state index contributed by atoms with van der Waals surface area (Å²) in [6.07, 6.45) is 0. The predicted octanol–water partition coefficient (Wildman–Crippen LogP) is 10.4. The Hall–Kier alpha value is -6.26. The predicted molar refractivity (Wildman–Crippen MR) is 188 cm³/mol. The van der Waals surface area contributed by atoms with Crippen molar-refractivity contribution in [2.45, 2.75) is 0 Å². The molecule has 8 aromatic rings. The van der Waals surface area contributed by atoms with Crippen molar-refractivity contribution >= 4 is 10.9 Å². The van der Waals surface area contributed by atoms with Gasteiger partial charge in [-0.15, -0.1) is 0 Å². The Bertz CT molecular complexity index is 2290. The van der Waals surface area contributed by atoms with Crippen molar-refractivity contribution in [2.24, 2.45) is 0 Å². The molecule has 0 radical (unpaired) electrons. The van der Waals surface area contributed by atoms with Crippen LogP contribution in [-0.4, -0.2) is 19.9 Å². The molecule has 0 fully saturated rings. The van der Waals surface area contributed by atoms with E-state index in [1.54, 1.807) is 0 Å². The molecule has 0 N–H and O–H groups in total. The SMILES string of the molecule is c1ccc(-c2cccc(-c3nc(-c4ccccc4)nc(-c4ccc5c(-c6ccccc6)ccc(-c6ccccc6)c5n4)n3)c2)cc1. The number of hydrogen-bond donors (Lipinski definition) is 0. The van der Waals surface area contributed by atoms with Gasteiger partial charge >= 0.3 is 0 Å². The van der Waals surface area contributed by atoms with Gasteiger partial charge in [-0.1, -0.05) is 152 Å². The number of hydrogen-bond acceptors (Lipinski definition) is 4. The van der Waals surface area contributed by atoms with Gasteiger partial charge < -0.3 is 0 Å². The fourth-order valence-corrected chi connectivity index (χ4v) is 5.87. The van der Waals surface area contributed by atoms with E-state index in [0.717, 1.165) is 55.4 Å². The highest BCUT2D eigenvalue weighted by atomic mass is 15.0. The highest BCUT2D eigenvalue weighted by Gasteiger charge is 2.17. The zero-order valence-corrected chi connectivity index (χ0v) is 25.0. The molecule has 8 rings (SSSR count). The van der Waals surface area contributed by atoms with Gasteiger partial charge in [0.05, 0.1) is 5.52 Å². The van der Waals surface area contributed by atoms with Crippen molar-refractivity contribution in [3.8, 4) is 67.7 Å². The Balaban J connectivity index is 1.33. The molecule has 0 saturated carbocycles. The molecule has 0 unspecified atom stereocenters. The first-order chi connectivity index (χ1) is 22.8. The van der Waals surface area contributed by atoms with E-state index in [1.807, 2.05) is 60.7 Å². The van der Waals surface area contributed by atoms with Gasteiger partial charge in [0, 0.05) is 22.1 Å². The molecule has 4 nitrogen and oxygen atoms in total. The van der Waals surface area contributed by atoms with Crippen molar-refractivity contribution < 1.29 is 0 Å². The molecule has 4 heteroatoms. The molecule has 0 aliphatic rings.